The lowest BCUT2D eigenvalue weighted by Gasteiger charge is -2.11. The fourth-order valence-corrected chi connectivity index (χ4v) is 3.92. The smallest absolute Gasteiger partial charge is 0.272 e. The number of carbonyl (C=O) groups excluding carboxylic acids is 2. The van der Waals surface area contributed by atoms with E-state index in [0.717, 1.165) is 5.56 Å². The van der Waals surface area contributed by atoms with E-state index in [1.807, 2.05) is 48.5 Å². The van der Waals surface area contributed by atoms with E-state index < -0.39 is 11.8 Å². The Labute approximate surface area is 222 Å². The summed E-state index contributed by atoms with van der Waals surface area (Å²) in [6.07, 6.45) is 1.42. The number of hydrogen-bond donors (Lipinski definition) is 3. The van der Waals surface area contributed by atoms with E-state index in [1.165, 1.54) is 17.0 Å². The standard InChI is InChI=1S/C27H22ClN7O3/c1-29-24-9-5-8-22(31-24)17-10-11-21(28)20(14-17)26(36)32-25-15-23(27(37)30-16-18-12-13-38-34-18)33-35(25)19-6-3-2-4-7-19/h2-15H,16H2,1H3,(H,29,31)(H,30,37)(H,32,36). The van der Waals surface area contributed by atoms with Crippen molar-refractivity contribution in [3.05, 3.63) is 107 Å². The maximum absolute atomic E-state index is 13.4. The maximum atomic E-state index is 13.4. The van der Waals surface area contributed by atoms with Gasteiger partial charge in [-0.15, -0.1) is 0 Å². The molecule has 5 rings (SSSR count). The van der Waals surface area contributed by atoms with Crippen molar-refractivity contribution in [3.8, 4) is 16.9 Å². The van der Waals surface area contributed by atoms with E-state index in [-0.39, 0.29) is 22.8 Å². The van der Waals surface area contributed by atoms with E-state index in [9.17, 15) is 9.59 Å². The van der Waals surface area contributed by atoms with Crippen molar-refractivity contribution in [2.45, 2.75) is 6.54 Å². The number of aromatic nitrogens is 4. The summed E-state index contributed by atoms with van der Waals surface area (Å²) in [4.78, 5) is 30.7. The first-order valence-electron chi connectivity index (χ1n) is 11.6. The molecule has 0 saturated carbocycles. The molecule has 0 fully saturated rings. The van der Waals surface area contributed by atoms with Gasteiger partial charge >= 0.3 is 0 Å². The predicted octanol–water partition coefficient (Wildman–Crippen LogP) is 4.80. The van der Waals surface area contributed by atoms with Crippen molar-refractivity contribution in [3.63, 3.8) is 0 Å². The minimum atomic E-state index is -0.465. The number of nitrogens with zero attached hydrogens (tertiary/aromatic N) is 4. The maximum Gasteiger partial charge on any atom is 0.272 e. The van der Waals surface area contributed by atoms with Crippen molar-refractivity contribution in [1.82, 2.24) is 25.2 Å². The van der Waals surface area contributed by atoms with Gasteiger partial charge in [0.05, 0.1) is 28.5 Å². The first kappa shape index (κ1) is 24.7. The summed E-state index contributed by atoms with van der Waals surface area (Å²) in [5.74, 6) is 0.0936. The molecular weight excluding hydrogens is 506 g/mol. The number of benzene rings is 2. The van der Waals surface area contributed by atoms with Crippen LogP contribution in [0.25, 0.3) is 16.9 Å². The molecule has 0 aliphatic rings. The molecule has 0 atom stereocenters. The van der Waals surface area contributed by atoms with Gasteiger partial charge in [0, 0.05) is 24.7 Å². The first-order chi connectivity index (χ1) is 18.5. The summed E-state index contributed by atoms with van der Waals surface area (Å²) in [7, 11) is 1.78. The Bertz CT molecular complexity index is 1580. The second-order valence-electron chi connectivity index (χ2n) is 8.14. The molecule has 0 spiro atoms. The van der Waals surface area contributed by atoms with Gasteiger partial charge < -0.3 is 20.5 Å². The van der Waals surface area contributed by atoms with Crippen molar-refractivity contribution < 1.29 is 14.1 Å². The highest BCUT2D eigenvalue weighted by Gasteiger charge is 2.20. The normalized spacial score (nSPS) is 10.7. The van der Waals surface area contributed by atoms with Crippen LogP contribution in [0.5, 0.6) is 0 Å². The van der Waals surface area contributed by atoms with E-state index in [2.05, 4.69) is 31.2 Å². The lowest BCUT2D eigenvalue weighted by atomic mass is 10.1. The Balaban J connectivity index is 1.44. The second kappa shape index (κ2) is 11.0. The van der Waals surface area contributed by atoms with Crippen molar-refractivity contribution >= 4 is 35.1 Å². The Morgan fingerprint density at radius 3 is 2.58 bits per heavy atom. The van der Waals surface area contributed by atoms with Gasteiger partial charge in [0.15, 0.2) is 5.69 Å². The van der Waals surface area contributed by atoms with Crippen LogP contribution in [0.4, 0.5) is 11.6 Å². The Morgan fingerprint density at radius 1 is 0.974 bits per heavy atom. The Kier molecular flexibility index (Phi) is 7.14. The number of pyridine rings is 1. The molecule has 10 nitrogen and oxygen atoms in total. The van der Waals surface area contributed by atoms with Crippen LogP contribution < -0.4 is 16.0 Å². The van der Waals surface area contributed by atoms with Crippen LogP contribution in [0.1, 0.15) is 26.5 Å². The van der Waals surface area contributed by atoms with Crippen LogP contribution in [-0.2, 0) is 6.54 Å². The summed E-state index contributed by atoms with van der Waals surface area (Å²) in [6.45, 7) is 0.167. The van der Waals surface area contributed by atoms with E-state index in [4.69, 9.17) is 16.1 Å². The zero-order valence-electron chi connectivity index (χ0n) is 20.2. The van der Waals surface area contributed by atoms with Crippen molar-refractivity contribution in [2.24, 2.45) is 0 Å². The molecule has 2 amide bonds. The molecule has 0 radical (unpaired) electrons. The number of nitrogens with one attached hydrogen (secondary N) is 3. The summed E-state index contributed by atoms with van der Waals surface area (Å²) in [5, 5.41) is 17.1. The predicted molar refractivity (Wildman–Crippen MR) is 143 cm³/mol. The molecule has 2 aromatic carbocycles. The first-order valence-corrected chi connectivity index (χ1v) is 12.0. The van der Waals surface area contributed by atoms with Gasteiger partial charge in [-0.05, 0) is 36.4 Å². The average molecular weight is 528 g/mol. The van der Waals surface area contributed by atoms with Gasteiger partial charge in [-0.3, -0.25) is 9.59 Å². The summed E-state index contributed by atoms with van der Waals surface area (Å²) in [6, 6.07) is 23.0. The summed E-state index contributed by atoms with van der Waals surface area (Å²) < 4.78 is 6.28. The topological polar surface area (TPSA) is 127 Å². The third-order valence-electron chi connectivity index (χ3n) is 5.62. The molecule has 0 aliphatic heterocycles. The van der Waals surface area contributed by atoms with Crippen molar-refractivity contribution in [1.29, 1.82) is 0 Å². The number of para-hydroxylation sites is 1. The summed E-state index contributed by atoms with van der Waals surface area (Å²) in [5.41, 5.74) is 2.99. The number of carbonyl (C=O) groups is 2. The zero-order chi connectivity index (χ0) is 26.5. The zero-order valence-corrected chi connectivity index (χ0v) is 20.9. The molecule has 3 aromatic heterocycles. The van der Waals surface area contributed by atoms with Crippen LogP contribution in [0, 0.1) is 0 Å². The molecule has 0 saturated heterocycles. The highest BCUT2D eigenvalue weighted by molar-refractivity contribution is 6.34. The molecule has 11 heteroatoms. The van der Waals surface area contributed by atoms with Crippen LogP contribution in [0.3, 0.4) is 0 Å². The van der Waals surface area contributed by atoms with E-state index in [1.54, 1.807) is 31.3 Å². The molecular formula is C27H22ClN7O3. The van der Waals surface area contributed by atoms with Crippen LogP contribution in [0.2, 0.25) is 5.02 Å². The van der Waals surface area contributed by atoms with E-state index in [0.29, 0.717) is 28.7 Å². The minimum Gasteiger partial charge on any atom is -0.373 e. The molecule has 3 heterocycles. The lowest BCUT2D eigenvalue weighted by Crippen LogP contribution is -2.23. The SMILES string of the molecule is CNc1cccc(-c2ccc(Cl)c(C(=O)Nc3cc(C(=O)NCc4ccon4)nn3-c3ccccc3)c2)n1. The largest absolute Gasteiger partial charge is 0.373 e. The van der Waals surface area contributed by atoms with Gasteiger partial charge in [-0.25, -0.2) is 9.67 Å². The minimum absolute atomic E-state index is 0.112. The number of hydrogen-bond acceptors (Lipinski definition) is 7. The fourth-order valence-electron chi connectivity index (χ4n) is 3.71. The Hall–Kier alpha value is -4.96. The second-order valence-corrected chi connectivity index (χ2v) is 8.55. The third-order valence-corrected chi connectivity index (χ3v) is 5.95. The monoisotopic (exact) mass is 527 g/mol. The van der Waals surface area contributed by atoms with Crippen LogP contribution >= 0.6 is 11.6 Å². The Morgan fingerprint density at radius 2 is 1.82 bits per heavy atom. The average Bonchev–Trinajstić information content (AvgIpc) is 3.63. The van der Waals surface area contributed by atoms with Gasteiger partial charge in [0.2, 0.25) is 0 Å². The molecule has 5 aromatic rings. The highest BCUT2D eigenvalue weighted by atomic mass is 35.5. The highest BCUT2D eigenvalue weighted by Crippen LogP contribution is 2.26. The van der Waals surface area contributed by atoms with Crippen molar-refractivity contribution in [2.75, 3.05) is 17.7 Å². The molecule has 190 valence electrons. The number of amides is 2. The molecule has 0 aliphatic carbocycles. The van der Waals surface area contributed by atoms with Crippen LogP contribution in [0.15, 0.2) is 89.6 Å². The summed E-state index contributed by atoms with van der Waals surface area (Å²) >= 11 is 6.41. The molecule has 3 N–H and O–H groups in total. The van der Waals surface area contributed by atoms with Gasteiger partial charge in [0.25, 0.3) is 11.8 Å². The third kappa shape index (κ3) is 5.40. The number of rotatable bonds is 8. The van der Waals surface area contributed by atoms with Gasteiger partial charge in [-0.1, -0.05) is 47.1 Å². The van der Waals surface area contributed by atoms with Gasteiger partial charge in [0.1, 0.15) is 23.6 Å². The lowest BCUT2D eigenvalue weighted by molar-refractivity contribution is 0.0943. The quantitative estimate of drug-likeness (QED) is 0.264. The molecule has 0 bridgehead atoms. The van der Waals surface area contributed by atoms with Crippen LogP contribution in [-0.4, -0.2) is 38.8 Å². The fraction of sp³-hybridized carbons (Fsp3) is 0.0741. The molecule has 0 unspecified atom stereocenters. The van der Waals surface area contributed by atoms with Gasteiger partial charge in [-0.2, -0.15) is 5.10 Å². The van der Waals surface area contributed by atoms with E-state index >= 15 is 0 Å². The molecule has 38 heavy (non-hydrogen) atoms. The number of halogens is 1. The number of anilines is 2.